The number of ether oxygens (including phenoxy) is 1. The summed E-state index contributed by atoms with van der Waals surface area (Å²) in [6.45, 7) is 1.40. The summed E-state index contributed by atoms with van der Waals surface area (Å²) in [6, 6.07) is 0. The lowest BCUT2D eigenvalue weighted by molar-refractivity contribution is -0.147. The van der Waals surface area contributed by atoms with Crippen LogP contribution in [-0.2, 0) is 14.3 Å². The number of rotatable bonds is 7. The van der Waals surface area contributed by atoms with Gasteiger partial charge in [-0.15, -0.1) is 0 Å². The van der Waals surface area contributed by atoms with Crippen molar-refractivity contribution < 1.29 is 19.4 Å². The van der Waals surface area contributed by atoms with Crippen molar-refractivity contribution in [3.63, 3.8) is 0 Å². The Morgan fingerprint density at radius 3 is 2.46 bits per heavy atom. The highest BCUT2D eigenvalue weighted by atomic mass is 16.5. The molecule has 0 aromatic heterocycles. The van der Waals surface area contributed by atoms with Gasteiger partial charge < -0.3 is 9.84 Å². The number of unbranched alkanes of at least 4 members (excludes halogenated alkanes) is 2. The molecule has 0 amide bonds. The van der Waals surface area contributed by atoms with E-state index in [0.717, 1.165) is 6.42 Å². The van der Waals surface area contributed by atoms with Gasteiger partial charge in [0.05, 0.1) is 0 Å². The van der Waals surface area contributed by atoms with E-state index in [1.807, 2.05) is 0 Å². The lowest BCUT2D eigenvalue weighted by atomic mass is 10.2. The molecule has 0 saturated carbocycles. The topological polar surface area (TPSA) is 63.6 Å². The van der Waals surface area contributed by atoms with E-state index < -0.39 is 0 Å². The normalized spacial score (nSPS) is 9.69. The summed E-state index contributed by atoms with van der Waals surface area (Å²) in [6.07, 6.45) is 2.55. The van der Waals surface area contributed by atoms with Crippen molar-refractivity contribution in [1.82, 2.24) is 0 Å². The molecule has 76 valence electrons. The molecule has 0 radical (unpaired) electrons. The summed E-state index contributed by atoms with van der Waals surface area (Å²) < 4.78 is 4.63. The fourth-order valence-corrected chi connectivity index (χ4v) is 0.812. The molecule has 0 fully saturated rings. The van der Waals surface area contributed by atoms with Crippen LogP contribution in [0.4, 0.5) is 0 Å². The molecule has 0 aromatic carbocycles. The Hall–Kier alpha value is -0.900. The van der Waals surface area contributed by atoms with Crippen LogP contribution in [0.1, 0.15) is 32.6 Å². The minimum atomic E-state index is -0.340. The first-order chi connectivity index (χ1) is 6.16. The van der Waals surface area contributed by atoms with E-state index in [1.165, 1.54) is 6.92 Å². The molecule has 0 heterocycles. The van der Waals surface area contributed by atoms with Crippen molar-refractivity contribution in [3.05, 3.63) is 0 Å². The Balaban J connectivity index is 3.25. The van der Waals surface area contributed by atoms with Gasteiger partial charge in [-0.25, -0.2) is 0 Å². The smallest absolute Gasteiger partial charge is 0.306 e. The van der Waals surface area contributed by atoms with E-state index in [2.05, 4.69) is 4.74 Å². The van der Waals surface area contributed by atoms with Crippen LogP contribution >= 0.6 is 0 Å². The highest BCUT2D eigenvalue weighted by molar-refractivity contribution is 5.80. The predicted octanol–water partition coefficient (Wildman–Crippen LogP) is 0.671. The van der Waals surface area contributed by atoms with Gasteiger partial charge in [0.25, 0.3) is 0 Å². The van der Waals surface area contributed by atoms with Crippen LogP contribution in [0.2, 0.25) is 0 Å². The molecule has 0 atom stereocenters. The fraction of sp³-hybridized carbons (Fsp3) is 0.778. The van der Waals surface area contributed by atoms with Gasteiger partial charge in [0.2, 0.25) is 0 Å². The third-order valence-electron chi connectivity index (χ3n) is 1.48. The molecule has 1 N–H and O–H groups in total. The van der Waals surface area contributed by atoms with E-state index in [4.69, 9.17) is 5.11 Å². The van der Waals surface area contributed by atoms with E-state index >= 15 is 0 Å². The molecule has 0 aliphatic carbocycles. The van der Waals surface area contributed by atoms with Crippen LogP contribution < -0.4 is 0 Å². The number of aliphatic hydroxyl groups excluding tert-OH is 1. The standard InChI is InChI=1S/C9H16O4/c1-8(11)7-13-9(12)5-3-2-4-6-10/h10H,2-7H2,1H3. The van der Waals surface area contributed by atoms with Crippen LogP contribution in [0, 0.1) is 0 Å². The molecule has 0 spiro atoms. The first-order valence-electron chi connectivity index (χ1n) is 4.42. The van der Waals surface area contributed by atoms with Gasteiger partial charge in [-0.3, -0.25) is 9.59 Å². The van der Waals surface area contributed by atoms with Crippen LogP contribution in [0.25, 0.3) is 0 Å². The zero-order valence-corrected chi connectivity index (χ0v) is 7.91. The zero-order valence-electron chi connectivity index (χ0n) is 7.91. The molecule has 13 heavy (non-hydrogen) atoms. The molecule has 0 saturated heterocycles. The Morgan fingerprint density at radius 2 is 1.92 bits per heavy atom. The molecule has 0 aliphatic heterocycles. The molecule has 0 bridgehead atoms. The molecule has 4 heteroatoms. The lowest BCUT2D eigenvalue weighted by Gasteiger charge is -2.01. The fourth-order valence-electron chi connectivity index (χ4n) is 0.812. The van der Waals surface area contributed by atoms with Crippen molar-refractivity contribution in [3.8, 4) is 0 Å². The third kappa shape index (κ3) is 9.01. The maximum atomic E-state index is 10.9. The third-order valence-corrected chi connectivity index (χ3v) is 1.48. The SMILES string of the molecule is CC(=O)COC(=O)CCCCCO. The van der Waals surface area contributed by atoms with E-state index in [0.29, 0.717) is 19.3 Å². The second-order valence-electron chi connectivity index (χ2n) is 2.90. The van der Waals surface area contributed by atoms with Crippen LogP contribution in [0.15, 0.2) is 0 Å². The van der Waals surface area contributed by atoms with Crippen molar-refractivity contribution in [2.75, 3.05) is 13.2 Å². The van der Waals surface area contributed by atoms with Gasteiger partial charge in [0.1, 0.15) is 6.61 Å². The molecule has 0 aliphatic rings. The quantitative estimate of drug-likeness (QED) is 0.471. The Kier molecular flexibility index (Phi) is 7.20. The van der Waals surface area contributed by atoms with E-state index in [9.17, 15) is 9.59 Å². The minimum absolute atomic E-state index is 0.126. The Labute approximate surface area is 77.9 Å². The summed E-state index contributed by atoms with van der Waals surface area (Å²) >= 11 is 0. The molecule has 0 rings (SSSR count). The van der Waals surface area contributed by atoms with Gasteiger partial charge in [-0.1, -0.05) is 6.42 Å². The predicted molar refractivity (Wildman–Crippen MR) is 47.2 cm³/mol. The summed E-state index contributed by atoms with van der Waals surface area (Å²) in [5, 5.41) is 8.45. The second kappa shape index (κ2) is 7.73. The monoisotopic (exact) mass is 188 g/mol. The van der Waals surface area contributed by atoms with Crippen LogP contribution in [-0.4, -0.2) is 30.1 Å². The van der Waals surface area contributed by atoms with Crippen molar-refractivity contribution in [2.45, 2.75) is 32.6 Å². The highest BCUT2D eigenvalue weighted by Crippen LogP contribution is 2.00. The molecular formula is C9H16O4. The lowest BCUT2D eigenvalue weighted by Crippen LogP contribution is -2.10. The summed E-state index contributed by atoms with van der Waals surface area (Å²) in [4.78, 5) is 21.3. The van der Waals surface area contributed by atoms with E-state index in [-0.39, 0.29) is 25.0 Å². The van der Waals surface area contributed by atoms with Gasteiger partial charge in [-0.05, 0) is 19.8 Å². The summed E-state index contributed by atoms with van der Waals surface area (Å²) in [7, 11) is 0. The number of Topliss-reactive ketones (excluding diaryl/α,β-unsaturated/α-hetero) is 1. The molecule has 0 unspecified atom stereocenters. The largest absolute Gasteiger partial charge is 0.458 e. The maximum Gasteiger partial charge on any atom is 0.306 e. The number of carbonyl (C=O) groups excluding carboxylic acids is 2. The van der Waals surface area contributed by atoms with Gasteiger partial charge in [0.15, 0.2) is 5.78 Å². The van der Waals surface area contributed by atoms with Gasteiger partial charge >= 0.3 is 5.97 Å². The van der Waals surface area contributed by atoms with Crippen molar-refractivity contribution in [2.24, 2.45) is 0 Å². The number of hydrogen-bond acceptors (Lipinski definition) is 4. The number of aliphatic hydroxyl groups is 1. The Morgan fingerprint density at radius 1 is 1.23 bits per heavy atom. The van der Waals surface area contributed by atoms with Crippen LogP contribution in [0.5, 0.6) is 0 Å². The molecule has 0 aromatic rings. The van der Waals surface area contributed by atoms with Crippen LogP contribution in [0.3, 0.4) is 0 Å². The average Bonchev–Trinajstić information content (AvgIpc) is 2.09. The first-order valence-corrected chi connectivity index (χ1v) is 4.42. The first kappa shape index (κ1) is 12.1. The number of carbonyl (C=O) groups is 2. The zero-order chi connectivity index (χ0) is 10.1. The number of esters is 1. The van der Waals surface area contributed by atoms with Crippen molar-refractivity contribution >= 4 is 11.8 Å². The second-order valence-corrected chi connectivity index (χ2v) is 2.90. The van der Waals surface area contributed by atoms with Gasteiger partial charge in [0, 0.05) is 13.0 Å². The van der Waals surface area contributed by atoms with E-state index in [1.54, 1.807) is 0 Å². The van der Waals surface area contributed by atoms with Crippen molar-refractivity contribution in [1.29, 1.82) is 0 Å². The summed E-state index contributed by atoms with van der Waals surface area (Å²) in [5.41, 5.74) is 0. The highest BCUT2D eigenvalue weighted by Gasteiger charge is 2.03. The number of hydrogen-bond donors (Lipinski definition) is 1. The Bertz CT molecular complexity index is 165. The molecule has 4 nitrogen and oxygen atoms in total. The average molecular weight is 188 g/mol. The maximum absolute atomic E-state index is 10.9. The van der Waals surface area contributed by atoms with Gasteiger partial charge in [-0.2, -0.15) is 0 Å². The number of ketones is 1. The molecular weight excluding hydrogens is 172 g/mol. The minimum Gasteiger partial charge on any atom is -0.458 e. The summed E-state index contributed by atoms with van der Waals surface area (Å²) in [5.74, 6) is -0.489.